The lowest BCUT2D eigenvalue weighted by Crippen LogP contribution is -2.27. The number of thiazole rings is 1. The number of nitrogens with zero attached hydrogens (tertiary/aromatic N) is 2. The summed E-state index contributed by atoms with van der Waals surface area (Å²) < 4.78 is 11.3. The number of carbonyl (C=O) groups excluding carboxylic acids is 1. The van der Waals surface area contributed by atoms with Crippen LogP contribution >= 0.6 is 11.3 Å². The van der Waals surface area contributed by atoms with Crippen molar-refractivity contribution in [1.82, 2.24) is 10.3 Å². The van der Waals surface area contributed by atoms with E-state index in [0.717, 1.165) is 31.1 Å². The number of nitrogens with two attached hydrogens (primary N) is 1. The molecule has 1 aliphatic heterocycles. The van der Waals surface area contributed by atoms with Gasteiger partial charge in [-0.15, -0.1) is 0 Å². The van der Waals surface area contributed by atoms with Crippen molar-refractivity contribution in [3.8, 4) is 0 Å². The number of aromatic nitrogens is 1. The average Bonchev–Trinajstić information content (AvgIpc) is 3.07. The Balaban J connectivity index is 1.94. The summed E-state index contributed by atoms with van der Waals surface area (Å²) in [5, 5.41) is 3.57. The van der Waals surface area contributed by atoms with Crippen LogP contribution in [-0.2, 0) is 10.8 Å². The van der Waals surface area contributed by atoms with E-state index in [2.05, 4.69) is 15.2 Å². The van der Waals surface area contributed by atoms with Gasteiger partial charge in [0.25, 0.3) is 5.91 Å². The molecule has 0 spiro atoms. The van der Waals surface area contributed by atoms with Gasteiger partial charge < -0.3 is 16.0 Å². The third kappa shape index (κ3) is 3.69. The lowest BCUT2D eigenvalue weighted by Gasteiger charge is -2.11. The molecular weight excluding hydrogens is 296 g/mol. The van der Waals surface area contributed by atoms with Gasteiger partial charge in [-0.05, 0) is 12.8 Å². The van der Waals surface area contributed by atoms with E-state index in [1.807, 2.05) is 6.92 Å². The molecule has 0 aliphatic carbocycles. The Morgan fingerprint density at radius 3 is 2.85 bits per heavy atom. The van der Waals surface area contributed by atoms with Crippen molar-refractivity contribution in [3.05, 3.63) is 4.88 Å². The first-order chi connectivity index (χ1) is 9.61. The highest BCUT2D eigenvalue weighted by Crippen LogP contribution is 2.30. The quantitative estimate of drug-likeness (QED) is 0.811. The molecule has 0 radical (unpaired) electrons. The number of hydrogen-bond donors (Lipinski definition) is 2. The number of amides is 1. The lowest BCUT2D eigenvalue weighted by atomic mass is 10.4. The molecule has 2 heterocycles. The van der Waals surface area contributed by atoms with E-state index < -0.39 is 10.8 Å². The SMILES string of the molecule is CCS(=O)CCNC(=O)c1sc(N2CCCC2)nc1N. The van der Waals surface area contributed by atoms with E-state index >= 15 is 0 Å². The molecule has 2 rings (SSSR count). The van der Waals surface area contributed by atoms with Crippen molar-refractivity contribution in [2.75, 3.05) is 41.8 Å². The molecule has 1 amide bonds. The molecule has 0 saturated carbocycles. The average molecular weight is 316 g/mol. The maximum atomic E-state index is 12.0. The Morgan fingerprint density at radius 1 is 1.50 bits per heavy atom. The molecule has 1 fully saturated rings. The van der Waals surface area contributed by atoms with Crippen molar-refractivity contribution in [1.29, 1.82) is 0 Å². The van der Waals surface area contributed by atoms with E-state index in [0.29, 0.717) is 22.9 Å². The van der Waals surface area contributed by atoms with Crippen LogP contribution in [0.2, 0.25) is 0 Å². The Morgan fingerprint density at radius 2 is 2.20 bits per heavy atom. The maximum Gasteiger partial charge on any atom is 0.265 e. The van der Waals surface area contributed by atoms with E-state index in [9.17, 15) is 9.00 Å². The normalized spacial score (nSPS) is 16.4. The summed E-state index contributed by atoms with van der Waals surface area (Å²) >= 11 is 1.33. The molecule has 8 heteroatoms. The van der Waals surface area contributed by atoms with Gasteiger partial charge in [0.15, 0.2) is 5.13 Å². The van der Waals surface area contributed by atoms with Gasteiger partial charge in [0, 0.05) is 41.9 Å². The summed E-state index contributed by atoms with van der Waals surface area (Å²) in [6, 6.07) is 0. The Labute approximate surface area is 125 Å². The number of hydrogen-bond acceptors (Lipinski definition) is 6. The second-order valence-electron chi connectivity index (χ2n) is 4.59. The van der Waals surface area contributed by atoms with Crippen molar-refractivity contribution in [2.45, 2.75) is 19.8 Å². The fraction of sp³-hybridized carbons (Fsp3) is 0.667. The molecule has 1 aromatic heterocycles. The first kappa shape index (κ1) is 15.2. The third-order valence-electron chi connectivity index (χ3n) is 3.16. The zero-order valence-electron chi connectivity index (χ0n) is 11.6. The second-order valence-corrected chi connectivity index (χ2v) is 7.44. The van der Waals surface area contributed by atoms with E-state index in [1.54, 1.807) is 0 Å². The van der Waals surface area contributed by atoms with Crippen LogP contribution in [0.15, 0.2) is 0 Å². The largest absolute Gasteiger partial charge is 0.382 e. The summed E-state index contributed by atoms with van der Waals surface area (Å²) in [6.07, 6.45) is 2.31. The number of anilines is 2. The molecule has 20 heavy (non-hydrogen) atoms. The van der Waals surface area contributed by atoms with E-state index in [-0.39, 0.29) is 11.7 Å². The topological polar surface area (TPSA) is 88.3 Å². The Kier molecular flexibility index (Phi) is 5.36. The first-order valence-corrected chi connectivity index (χ1v) is 9.06. The van der Waals surface area contributed by atoms with Crippen molar-refractivity contribution in [2.24, 2.45) is 0 Å². The molecule has 112 valence electrons. The molecule has 1 saturated heterocycles. The first-order valence-electron chi connectivity index (χ1n) is 6.76. The highest BCUT2D eigenvalue weighted by Gasteiger charge is 2.21. The Bertz CT molecular complexity index is 498. The molecule has 3 N–H and O–H groups in total. The third-order valence-corrected chi connectivity index (χ3v) is 5.60. The molecule has 1 atom stereocenters. The van der Waals surface area contributed by atoms with Crippen molar-refractivity contribution in [3.63, 3.8) is 0 Å². The fourth-order valence-corrected chi connectivity index (χ4v) is 3.60. The van der Waals surface area contributed by atoms with Gasteiger partial charge in [-0.3, -0.25) is 9.00 Å². The molecular formula is C12H20N4O2S2. The molecule has 1 aromatic rings. The van der Waals surface area contributed by atoms with Gasteiger partial charge in [-0.2, -0.15) is 0 Å². The van der Waals surface area contributed by atoms with Crippen LogP contribution in [0, 0.1) is 0 Å². The van der Waals surface area contributed by atoms with Crippen LogP contribution < -0.4 is 16.0 Å². The molecule has 6 nitrogen and oxygen atoms in total. The summed E-state index contributed by atoms with van der Waals surface area (Å²) in [6.45, 7) is 4.21. The zero-order valence-corrected chi connectivity index (χ0v) is 13.2. The van der Waals surface area contributed by atoms with Gasteiger partial charge in [0.1, 0.15) is 10.7 Å². The van der Waals surface area contributed by atoms with Gasteiger partial charge in [-0.1, -0.05) is 18.3 Å². The van der Waals surface area contributed by atoms with Crippen LogP contribution in [0.3, 0.4) is 0 Å². The predicted octanol–water partition coefficient (Wildman–Crippen LogP) is 0.824. The smallest absolute Gasteiger partial charge is 0.265 e. The van der Waals surface area contributed by atoms with Gasteiger partial charge in [0.05, 0.1) is 0 Å². The molecule has 0 aromatic carbocycles. The number of nitrogens with one attached hydrogen (secondary N) is 1. The monoisotopic (exact) mass is 316 g/mol. The zero-order chi connectivity index (χ0) is 14.5. The van der Waals surface area contributed by atoms with Gasteiger partial charge in [0.2, 0.25) is 0 Å². The van der Waals surface area contributed by atoms with Crippen LogP contribution in [0.5, 0.6) is 0 Å². The van der Waals surface area contributed by atoms with Crippen LogP contribution in [0.25, 0.3) is 0 Å². The summed E-state index contributed by atoms with van der Waals surface area (Å²) in [5.74, 6) is 1.14. The standard InChI is InChI=1S/C12H20N4O2S2/c1-2-20(18)8-5-14-11(17)9-10(13)15-12(19-9)16-6-3-4-7-16/h2-8,13H2,1H3,(H,14,17). The van der Waals surface area contributed by atoms with E-state index in [1.165, 1.54) is 11.3 Å². The number of rotatable bonds is 6. The van der Waals surface area contributed by atoms with E-state index in [4.69, 9.17) is 5.73 Å². The summed E-state index contributed by atoms with van der Waals surface area (Å²) in [7, 11) is -0.868. The van der Waals surface area contributed by atoms with Crippen LogP contribution in [-0.4, -0.2) is 46.2 Å². The minimum Gasteiger partial charge on any atom is -0.382 e. The Hall–Kier alpha value is -1.15. The van der Waals surface area contributed by atoms with Crippen LogP contribution in [0.1, 0.15) is 29.4 Å². The van der Waals surface area contributed by atoms with Crippen molar-refractivity contribution >= 4 is 39.0 Å². The van der Waals surface area contributed by atoms with Crippen LogP contribution in [0.4, 0.5) is 10.9 Å². The maximum absolute atomic E-state index is 12.0. The minimum absolute atomic E-state index is 0.224. The van der Waals surface area contributed by atoms with Gasteiger partial charge >= 0.3 is 0 Å². The predicted molar refractivity (Wildman–Crippen MR) is 83.9 cm³/mol. The highest BCUT2D eigenvalue weighted by molar-refractivity contribution is 7.84. The number of carbonyl (C=O) groups is 1. The highest BCUT2D eigenvalue weighted by atomic mass is 32.2. The molecule has 1 unspecified atom stereocenters. The molecule has 0 bridgehead atoms. The van der Waals surface area contributed by atoms with Crippen molar-refractivity contribution < 1.29 is 9.00 Å². The lowest BCUT2D eigenvalue weighted by molar-refractivity contribution is 0.0961. The van der Waals surface area contributed by atoms with Gasteiger partial charge in [-0.25, -0.2) is 4.98 Å². The number of nitrogen functional groups attached to an aromatic ring is 1. The summed E-state index contributed by atoms with van der Waals surface area (Å²) in [4.78, 5) is 18.9. The fourth-order valence-electron chi connectivity index (χ4n) is 2.03. The minimum atomic E-state index is -0.868. The summed E-state index contributed by atoms with van der Waals surface area (Å²) in [5.41, 5.74) is 5.82. The second kappa shape index (κ2) is 7.03. The molecule has 1 aliphatic rings.